The van der Waals surface area contributed by atoms with Gasteiger partial charge in [-0.15, -0.1) is 0 Å². The molecule has 114 valence electrons. The Labute approximate surface area is 118 Å². The van der Waals surface area contributed by atoms with E-state index in [1.165, 1.54) is 6.08 Å². The number of carbonyl (C=O) groups is 1. The van der Waals surface area contributed by atoms with Crippen LogP contribution in [-0.2, 0) is 9.53 Å². The van der Waals surface area contributed by atoms with Crippen molar-refractivity contribution in [3.8, 4) is 0 Å². The summed E-state index contributed by atoms with van der Waals surface area (Å²) in [6.07, 6.45) is 1.06. The molecular formula is C14H22O6. The molecule has 1 aliphatic rings. The van der Waals surface area contributed by atoms with Gasteiger partial charge in [0.25, 0.3) is 0 Å². The summed E-state index contributed by atoms with van der Waals surface area (Å²) in [5.74, 6) is -0.619. The summed E-state index contributed by atoms with van der Waals surface area (Å²) in [7, 11) is 0. The van der Waals surface area contributed by atoms with Gasteiger partial charge in [-0.05, 0) is 32.3 Å². The summed E-state index contributed by atoms with van der Waals surface area (Å²) in [6.45, 7) is 1.77. The van der Waals surface area contributed by atoms with Crippen molar-refractivity contribution < 1.29 is 30.0 Å². The van der Waals surface area contributed by atoms with E-state index in [9.17, 15) is 25.2 Å². The van der Waals surface area contributed by atoms with Crippen LogP contribution in [0.1, 0.15) is 26.2 Å². The van der Waals surface area contributed by atoms with Gasteiger partial charge in [0.15, 0.2) is 0 Å². The minimum Gasteiger partial charge on any atom is -0.460 e. The first kappa shape index (κ1) is 16.8. The third kappa shape index (κ3) is 5.42. The highest BCUT2D eigenvalue weighted by molar-refractivity contribution is 5.82. The summed E-state index contributed by atoms with van der Waals surface area (Å²) in [6, 6.07) is 0. The van der Waals surface area contributed by atoms with Crippen LogP contribution in [0.15, 0.2) is 24.3 Å². The Morgan fingerprint density at radius 3 is 2.35 bits per heavy atom. The highest BCUT2D eigenvalue weighted by Crippen LogP contribution is 2.11. The second-order valence-electron chi connectivity index (χ2n) is 4.93. The molecule has 1 rings (SSSR count). The molecule has 0 aliphatic carbocycles. The van der Waals surface area contributed by atoms with Crippen molar-refractivity contribution in [3.05, 3.63) is 24.3 Å². The summed E-state index contributed by atoms with van der Waals surface area (Å²) >= 11 is 0. The van der Waals surface area contributed by atoms with E-state index >= 15 is 0 Å². The topological polar surface area (TPSA) is 107 Å². The zero-order valence-corrected chi connectivity index (χ0v) is 11.4. The first-order valence-corrected chi connectivity index (χ1v) is 6.69. The number of ether oxygens (including phenoxy) is 1. The number of allylic oxidation sites excluding steroid dienone is 1. The number of esters is 1. The van der Waals surface area contributed by atoms with E-state index in [0.717, 1.165) is 18.6 Å². The number of aliphatic hydroxyl groups is 4. The van der Waals surface area contributed by atoms with Crippen molar-refractivity contribution in [2.45, 2.75) is 56.7 Å². The molecule has 0 aromatic rings. The smallest absolute Gasteiger partial charge is 0.330 e. The van der Waals surface area contributed by atoms with Crippen LogP contribution in [0.3, 0.4) is 0 Å². The van der Waals surface area contributed by atoms with Gasteiger partial charge in [-0.25, -0.2) is 4.79 Å². The van der Waals surface area contributed by atoms with Gasteiger partial charge < -0.3 is 25.2 Å². The quantitative estimate of drug-likeness (QED) is 0.358. The van der Waals surface area contributed by atoms with Gasteiger partial charge in [0.2, 0.25) is 0 Å². The van der Waals surface area contributed by atoms with E-state index in [0.29, 0.717) is 12.8 Å². The third-order valence-corrected chi connectivity index (χ3v) is 3.11. The van der Waals surface area contributed by atoms with Crippen molar-refractivity contribution in [1.29, 1.82) is 0 Å². The van der Waals surface area contributed by atoms with Crippen LogP contribution >= 0.6 is 0 Å². The van der Waals surface area contributed by atoms with Crippen LogP contribution in [0.2, 0.25) is 0 Å². The molecule has 0 saturated heterocycles. The molecule has 0 aromatic carbocycles. The molecule has 0 saturated carbocycles. The fraction of sp³-hybridized carbons (Fsp3) is 0.643. The lowest BCUT2D eigenvalue weighted by Crippen LogP contribution is -2.43. The largest absolute Gasteiger partial charge is 0.460 e. The fourth-order valence-corrected chi connectivity index (χ4v) is 1.86. The normalized spacial score (nSPS) is 40.5. The summed E-state index contributed by atoms with van der Waals surface area (Å²) in [5, 5.41) is 38.6. The second-order valence-corrected chi connectivity index (χ2v) is 4.93. The van der Waals surface area contributed by atoms with Crippen molar-refractivity contribution in [3.63, 3.8) is 0 Å². The van der Waals surface area contributed by atoms with Crippen LogP contribution in [0.25, 0.3) is 0 Å². The molecule has 20 heavy (non-hydrogen) atoms. The van der Waals surface area contributed by atoms with Crippen LogP contribution < -0.4 is 0 Å². The van der Waals surface area contributed by atoms with E-state index in [1.807, 2.05) is 0 Å². The van der Waals surface area contributed by atoms with Crippen LogP contribution in [0, 0.1) is 0 Å². The molecule has 0 spiro atoms. The minimum absolute atomic E-state index is 0.249. The lowest BCUT2D eigenvalue weighted by atomic mass is 10.0. The lowest BCUT2D eigenvalue weighted by Gasteiger charge is -2.23. The number of rotatable bonds is 0. The maximum Gasteiger partial charge on any atom is 0.330 e. The highest BCUT2D eigenvalue weighted by atomic mass is 16.5. The predicted octanol–water partition coefficient (Wildman–Crippen LogP) is -0.342. The fourth-order valence-electron chi connectivity index (χ4n) is 1.86. The minimum atomic E-state index is -1.60. The Bertz CT molecular complexity index is 365. The molecule has 1 heterocycles. The molecule has 0 fully saturated rings. The van der Waals surface area contributed by atoms with Gasteiger partial charge in [-0.3, -0.25) is 0 Å². The van der Waals surface area contributed by atoms with E-state index in [-0.39, 0.29) is 6.10 Å². The summed E-state index contributed by atoms with van der Waals surface area (Å²) < 4.78 is 5.07. The molecule has 0 bridgehead atoms. The van der Waals surface area contributed by atoms with Gasteiger partial charge in [-0.2, -0.15) is 0 Å². The monoisotopic (exact) mass is 286 g/mol. The Kier molecular flexibility index (Phi) is 6.87. The Hall–Kier alpha value is -1.21. The Balaban J connectivity index is 2.80. The van der Waals surface area contributed by atoms with Crippen molar-refractivity contribution in [2.24, 2.45) is 0 Å². The van der Waals surface area contributed by atoms with Gasteiger partial charge in [0.05, 0.1) is 6.10 Å². The second kappa shape index (κ2) is 8.16. The number of carbonyl (C=O) groups excluding carboxylic acids is 1. The Morgan fingerprint density at radius 2 is 1.70 bits per heavy atom. The molecule has 0 aromatic heterocycles. The first-order valence-electron chi connectivity index (χ1n) is 6.69. The third-order valence-electron chi connectivity index (χ3n) is 3.11. The molecule has 0 radical (unpaired) electrons. The van der Waals surface area contributed by atoms with Gasteiger partial charge in [0, 0.05) is 6.08 Å². The van der Waals surface area contributed by atoms with E-state index in [4.69, 9.17) is 4.74 Å². The predicted molar refractivity (Wildman–Crippen MR) is 71.7 cm³/mol. The van der Waals surface area contributed by atoms with Crippen molar-refractivity contribution in [1.82, 2.24) is 0 Å². The SMILES string of the molecule is C[C@H]1CCC/C=C\[C@H](O)[C@@H](O)[C@H](O)[C@H](O)/C=C/C(=O)O1. The molecule has 0 unspecified atom stereocenters. The van der Waals surface area contributed by atoms with Gasteiger partial charge >= 0.3 is 5.97 Å². The van der Waals surface area contributed by atoms with Gasteiger partial charge in [-0.1, -0.05) is 12.2 Å². The lowest BCUT2D eigenvalue weighted by molar-refractivity contribution is -0.142. The molecule has 5 atom stereocenters. The summed E-state index contributed by atoms with van der Waals surface area (Å²) in [5.41, 5.74) is 0. The zero-order chi connectivity index (χ0) is 15.1. The molecular weight excluding hydrogens is 264 g/mol. The van der Waals surface area contributed by atoms with Crippen LogP contribution in [0.5, 0.6) is 0 Å². The standard InChI is InChI=1S/C14H22O6/c1-9-5-3-2-4-6-10(15)13(18)14(19)11(16)7-8-12(17)20-9/h4,6-11,13-16,18-19H,2-3,5H2,1H3/b6-4-,8-7+/t9-,10-,11+,13+,14+/m0/s1. The molecule has 6 heteroatoms. The molecule has 1 aliphatic heterocycles. The Morgan fingerprint density at radius 1 is 1.10 bits per heavy atom. The number of hydrogen-bond acceptors (Lipinski definition) is 6. The van der Waals surface area contributed by atoms with Crippen molar-refractivity contribution in [2.75, 3.05) is 0 Å². The van der Waals surface area contributed by atoms with E-state index in [1.54, 1.807) is 13.0 Å². The first-order chi connectivity index (χ1) is 9.41. The maximum atomic E-state index is 11.4. The van der Waals surface area contributed by atoms with E-state index in [2.05, 4.69) is 0 Å². The molecule has 0 amide bonds. The zero-order valence-electron chi connectivity index (χ0n) is 11.4. The number of aliphatic hydroxyl groups excluding tert-OH is 4. The maximum absolute atomic E-state index is 11.4. The number of cyclic esters (lactones) is 1. The van der Waals surface area contributed by atoms with Crippen LogP contribution in [-0.4, -0.2) is 56.9 Å². The number of hydrogen-bond donors (Lipinski definition) is 4. The molecule has 6 nitrogen and oxygen atoms in total. The molecule has 4 N–H and O–H groups in total. The van der Waals surface area contributed by atoms with Crippen molar-refractivity contribution >= 4 is 5.97 Å². The highest BCUT2D eigenvalue weighted by Gasteiger charge is 2.27. The van der Waals surface area contributed by atoms with Gasteiger partial charge in [0.1, 0.15) is 24.4 Å². The average Bonchev–Trinajstić information content (AvgIpc) is 2.41. The van der Waals surface area contributed by atoms with E-state index < -0.39 is 30.4 Å². The average molecular weight is 286 g/mol. The summed E-state index contributed by atoms with van der Waals surface area (Å²) in [4.78, 5) is 11.4. The van der Waals surface area contributed by atoms with Crippen LogP contribution in [0.4, 0.5) is 0 Å².